The average molecular weight is 277 g/mol. The van der Waals surface area contributed by atoms with Gasteiger partial charge in [-0.15, -0.1) is 0 Å². The topological polar surface area (TPSA) is 34.1 Å². The molecule has 0 saturated heterocycles. The van der Waals surface area contributed by atoms with E-state index in [0.29, 0.717) is 0 Å². The highest BCUT2D eigenvalue weighted by Gasteiger charge is 2.23. The third-order valence-corrected chi connectivity index (χ3v) is 2.91. The number of anilines is 1. The molecule has 1 aliphatic rings. The average Bonchev–Trinajstić information content (AvgIpc) is 2.73. The van der Waals surface area contributed by atoms with E-state index < -0.39 is 0 Å². The molecule has 1 atom stereocenters. The summed E-state index contributed by atoms with van der Waals surface area (Å²) in [6, 6.07) is 11.8. The number of ether oxygens (including phenoxy) is 1. The fourth-order valence-corrected chi connectivity index (χ4v) is 1.90. The lowest BCUT2D eigenvalue weighted by atomic mass is 10.3. The first-order chi connectivity index (χ1) is 7.83. The quantitative estimate of drug-likeness (QED) is 0.868. The van der Waals surface area contributed by atoms with Crippen LogP contribution in [0.2, 0.25) is 0 Å². The van der Waals surface area contributed by atoms with Gasteiger partial charge in [0.1, 0.15) is 11.4 Å². The van der Waals surface area contributed by atoms with Crippen LogP contribution in [0.3, 0.4) is 0 Å². The maximum Gasteiger partial charge on any atom is 0.213 e. The molecule has 1 aromatic carbocycles. The van der Waals surface area contributed by atoms with E-state index in [2.05, 4.69) is 26.2 Å². The molecule has 16 heavy (non-hydrogen) atoms. The van der Waals surface area contributed by atoms with Crippen LogP contribution in [0.5, 0.6) is 5.75 Å². The third-order valence-electron chi connectivity index (χ3n) is 2.44. The van der Waals surface area contributed by atoms with Gasteiger partial charge in [0, 0.05) is 10.7 Å². The number of benzene rings is 1. The number of nitrogens with zero attached hydrogens (tertiary/aromatic N) is 1. The highest BCUT2D eigenvalue weighted by molar-refractivity contribution is 9.10. The Morgan fingerprint density at radius 3 is 2.81 bits per heavy atom. The molecule has 3 rings (SSSR count). The van der Waals surface area contributed by atoms with Crippen LogP contribution in [-0.2, 0) is 0 Å². The van der Waals surface area contributed by atoms with Crippen molar-refractivity contribution in [3.8, 4) is 5.75 Å². The minimum Gasteiger partial charge on any atom is -0.463 e. The molecule has 0 saturated carbocycles. The van der Waals surface area contributed by atoms with E-state index in [1.165, 1.54) is 0 Å². The molecule has 0 amide bonds. The van der Waals surface area contributed by atoms with Gasteiger partial charge in [-0.1, -0.05) is 12.1 Å². The normalized spacial score (nSPS) is 17.4. The number of halogens is 1. The first-order valence-corrected chi connectivity index (χ1v) is 5.76. The van der Waals surface area contributed by atoms with Gasteiger partial charge >= 0.3 is 0 Å². The van der Waals surface area contributed by atoms with Crippen LogP contribution in [0.4, 0.5) is 5.69 Å². The monoisotopic (exact) mass is 276 g/mol. The fourth-order valence-electron chi connectivity index (χ4n) is 1.66. The van der Waals surface area contributed by atoms with E-state index in [1.54, 1.807) is 6.20 Å². The van der Waals surface area contributed by atoms with Crippen molar-refractivity contribution in [2.45, 2.75) is 6.23 Å². The van der Waals surface area contributed by atoms with Gasteiger partial charge in [0.2, 0.25) is 6.23 Å². The van der Waals surface area contributed by atoms with Crippen LogP contribution in [0, 0.1) is 0 Å². The summed E-state index contributed by atoms with van der Waals surface area (Å²) < 4.78 is 6.71. The Morgan fingerprint density at radius 1 is 1.19 bits per heavy atom. The molecule has 80 valence electrons. The van der Waals surface area contributed by atoms with Gasteiger partial charge in [-0.2, -0.15) is 0 Å². The van der Waals surface area contributed by atoms with Crippen LogP contribution in [0.15, 0.2) is 47.1 Å². The van der Waals surface area contributed by atoms with Gasteiger partial charge in [-0.25, -0.2) is 0 Å². The molecule has 0 bridgehead atoms. The number of fused-ring (bicyclic) bond motifs is 1. The summed E-state index contributed by atoms with van der Waals surface area (Å²) in [4.78, 5) is 4.31. The summed E-state index contributed by atoms with van der Waals surface area (Å²) in [5.74, 6) is 0.872. The van der Waals surface area contributed by atoms with Gasteiger partial charge in [0.05, 0.1) is 5.69 Å². The Morgan fingerprint density at radius 2 is 2.06 bits per heavy atom. The number of rotatable bonds is 1. The minimum absolute atomic E-state index is 0.189. The second kappa shape index (κ2) is 3.79. The molecule has 1 aliphatic heterocycles. The van der Waals surface area contributed by atoms with Crippen LogP contribution in [-0.4, -0.2) is 4.98 Å². The van der Waals surface area contributed by atoms with Crippen LogP contribution >= 0.6 is 15.9 Å². The van der Waals surface area contributed by atoms with Crippen molar-refractivity contribution in [2.75, 3.05) is 5.32 Å². The molecule has 1 N–H and O–H groups in total. The second-order valence-electron chi connectivity index (χ2n) is 3.54. The van der Waals surface area contributed by atoms with Crippen molar-refractivity contribution in [3.63, 3.8) is 0 Å². The van der Waals surface area contributed by atoms with Gasteiger partial charge < -0.3 is 10.1 Å². The van der Waals surface area contributed by atoms with E-state index in [0.717, 1.165) is 21.6 Å². The maximum atomic E-state index is 5.74. The van der Waals surface area contributed by atoms with E-state index in [-0.39, 0.29) is 6.23 Å². The Balaban J connectivity index is 1.88. The Labute approximate surface area is 102 Å². The zero-order valence-electron chi connectivity index (χ0n) is 8.35. The van der Waals surface area contributed by atoms with Gasteiger partial charge in [-0.3, -0.25) is 4.98 Å². The number of aromatic nitrogens is 1. The number of pyridine rings is 1. The molecule has 2 aromatic rings. The summed E-state index contributed by atoms with van der Waals surface area (Å²) >= 11 is 3.36. The van der Waals surface area contributed by atoms with Crippen LogP contribution < -0.4 is 10.1 Å². The maximum absolute atomic E-state index is 5.74. The summed E-state index contributed by atoms with van der Waals surface area (Å²) in [5, 5.41) is 3.27. The first-order valence-electron chi connectivity index (χ1n) is 4.96. The number of nitrogens with one attached hydrogen (secondary N) is 1. The predicted octanol–water partition coefficient (Wildman–Crippen LogP) is 3.35. The number of para-hydroxylation sites is 2. The molecular weight excluding hydrogens is 268 g/mol. The van der Waals surface area contributed by atoms with Gasteiger partial charge in [0.15, 0.2) is 0 Å². The van der Waals surface area contributed by atoms with Crippen molar-refractivity contribution in [3.05, 3.63) is 52.8 Å². The second-order valence-corrected chi connectivity index (χ2v) is 4.46. The molecular formula is C12H9BrN2O. The lowest BCUT2D eigenvalue weighted by molar-refractivity contribution is 0.254. The van der Waals surface area contributed by atoms with E-state index in [9.17, 15) is 0 Å². The molecule has 3 nitrogen and oxygen atoms in total. The smallest absolute Gasteiger partial charge is 0.213 e. The lowest BCUT2D eigenvalue weighted by Crippen LogP contribution is -2.11. The van der Waals surface area contributed by atoms with Gasteiger partial charge in [-0.05, 0) is 40.2 Å². The predicted molar refractivity (Wildman–Crippen MR) is 65.4 cm³/mol. The lowest BCUT2D eigenvalue weighted by Gasteiger charge is -2.10. The molecule has 4 heteroatoms. The Hall–Kier alpha value is -1.55. The van der Waals surface area contributed by atoms with Crippen molar-refractivity contribution in [2.24, 2.45) is 0 Å². The summed E-state index contributed by atoms with van der Waals surface area (Å²) in [6.45, 7) is 0. The Kier molecular flexibility index (Phi) is 2.29. The third kappa shape index (κ3) is 1.65. The molecule has 0 fully saturated rings. The van der Waals surface area contributed by atoms with Crippen molar-refractivity contribution in [1.29, 1.82) is 0 Å². The van der Waals surface area contributed by atoms with Crippen molar-refractivity contribution < 1.29 is 4.74 Å². The van der Waals surface area contributed by atoms with Crippen molar-refractivity contribution in [1.82, 2.24) is 4.98 Å². The zero-order valence-corrected chi connectivity index (χ0v) is 9.94. The van der Waals surface area contributed by atoms with E-state index in [1.807, 2.05) is 36.4 Å². The molecule has 2 heterocycles. The van der Waals surface area contributed by atoms with Crippen LogP contribution in [0.1, 0.15) is 11.9 Å². The fraction of sp³-hybridized carbons (Fsp3) is 0.0833. The van der Waals surface area contributed by atoms with Gasteiger partial charge in [0.25, 0.3) is 0 Å². The molecule has 1 unspecified atom stereocenters. The summed E-state index contributed by atoms with van der Waals surface area (Å²) in [6.07, 6.45) is 1.58. The molecule has 0 spiro atoms. The SMILES string of the molecule is Brc1ccc(C2Nc3ccccc3O2)nc1. The number of hydrogen-bond acceptors (Lipinski definition) is 3. The Bertz CT molecular complexity index is 488. The molecule has 0 radical (unpaired) electrons. The summed E-state index contributed by atoms with van der Waals surface area (Å²) in [7, 11) is 0. The van der Waals surface area contributed by atoms with E-state index >= 15 is 0 Å². The largest absolute Gasteiger partial charge is 0.463 e. The minimum atomic E-state index is -0.189. The summed E-state index contributed by atoms with van der Waals surface area (Å²) in [5.41, 5.74) is 1.89. The van der Waals surface area contributed by atoms with Crippen molar-refractivity contribution >= 4 is 21.6 Å². The highest BCUT2D eigenvalue weighted by Crippen LogP contribution is 2.36. The zero-order chi connectivity index (χ0) is 11.0. The standard InChI is InChI=1S/C12H9BrN2O/c13-8-5-6-10(14-7-8)12-15-9-3-1-2-4-11(9)16-12/h1-7,12,15H. The number of hydrogen-bond donors (Lipinski definition) is 1. The molecule has 1 aromatic heterocycles. The molecule has 0 aliphatic carbocycles. The van der Waals surface area contributed by atoms with E-state index in [4.69, 9.17) is 4.74 Å². The highest BCUT2D eigenvalue weighted by atomic mass is 79.9. The first kappa shape index (κ1) is 9.66. The van der Waals surface area contributed by atoms with Crippen LogP contribution in [0.25, 0.3) is 0 Å².